The molecule has 0 aromatic carbocycles. The first-order valence-electron chi connectivity index (χ1n) is 12.8. The molecule has 0 bridgehead atoms. The lowest BCUT2D eigenvalue weighted by Gasteiger charge is -2.34. The highest BCUT2D eigenvalue weighted by Gasteiger charge is 2.27. The summed E-state index contributed by atoms with van der Waals surface area (Å²) in [5, 5.41) is 8.65. The number of fused-ring (bicyclic) bond motifs is 1. The maximum absolute atomic E-state index is 13.5. The number of hydrogen-bond donors (Lipinski definition) is 1. The molecule has 174 valence electrons. The summed E-state index contributed by atoms with van der Waals surface area (Å²) in [5.41, 5.74) is 1.56. The average Bonchev–Trinajstić information content (AvgIpc) is 3.35. The highest BCUT2D eigenvalue weighted by atomic mass is 16.1. The number of anilines is 1. The molecular weight excluding hydrogens is 400 g/mol. The molecule has 0 spiro atoms. The number of amides is 1. The maximum Gasteiger partial charge on any atom is 0.255 e. The van der Waals surface area contributed by atoms with Gasteiger partial charge in [0.25, 0.3) is 5.91 Å². The van der Waals surface area contributed by atoms with Crippen molar-refractivity contribution in [2.24, 2.45) is 13.0 Å². The van der Waals surface area contributed by atoms with Crippen LogP contribution in [0.1, 0.15) is 74.6 Å². The lowest BCUT2D eigenvalue weighted by Crippen LogP contribution is -2.46. The predicted octanol–water partition coefficient (Wildman–Crippen LogP) is 3.73. The Morgan fingerprint density at radius 3 is 2.44 bits per heavy atom. The van der Waals surface area contributed by atoms with Crippen LogP contribution in [0.5, 0.6) is 0 Å². The molecule has 2 saturated heterocycles. The van der Waals surface area contributed by atoms with Gasteiger partial charge in [0.05, 0.1) is 11.8 Å². The van der Waals surface area contributed by atoms with Crippen molar-refractivity contribution in [2.75, 3.05) is 37.6 Å². The quantitative estimate of drug-likeness (QED) is 0.770. The van der Waals surface area contributed by atoms with Crippen LogP contribution in [0.2, 0.25) is 0 Å². The summed E-state index contributed by atoms with van der Waals surface area (Å²) >= 11 is 0. The fourth-order valence-electron chi connectivity index (χ4n) is 5.84. The second-order valence-electron chi connectivity index (χ2n) is 10.1. The Bertz CT molecular complexity index is 918. The summed E-state index contributed by atoms with van der Waals surface area (Å²) in [6.45, 7) is 5.38. The third-order valence-corrected chi connectivity index (χ3v) is 7.75. The first-order valence-corrected chi connectivity index (χ1v) is 12.8. The number of rotatable bonds is 5. The van der Waals surface area contributed by atoms with Gasteiger partial charge in [0, 0.05) is 51.2 Å². The zero-order valence-corrected chi connectivity index (χ0v) is 19.6. The molecule has 1 saturated carbocycles. The van der Waals surface area contributed by atoms with E-state index in [1.165, 1.54) is 45.1 Å². The smallest absolute Gasteiger partial charge is 0.255 e. The lowest BCUT2D eigenvalue weighted by molar-refractivity contribution is 0.0906. The van der Waals surface area contributed by atoms with E-state index in [1.807, 2.05) is 19.3 Å². The molecule has 1 aliphatic carbocycles. The van der Waals surface area contributed by atoms with Crippen LogP contribution in [0.4, 0.5) is 5.82 Å². The van der Waals surface area contributed by atoms with Gasteiger partial charge < -0.3 is 15.1 Å². The fraction of sp³-hybridized carbons (Fsp3) is 0.720. The van der Waals surface area contributed by atoms with E-state index in [0.29, 0.717) is 5.56 Å². The summed E-state index contributed by atoms with van der Waals surface area (Å²) in [6, 6.07) is 2.25. The predicted molar refractivity (Wildman–Crippen MR) is 128 cm³/mol. The number of pyridine rings is 1. The van der Waals surface area contributed by atoms with Crippen molar-refractivity contribution in [1.82, 2.24) is 25.0 Å². The summed E-state index contributed by atoms with van der Waals surface area (Å²) in [5.74, 6) is 1.76. The van der Waals surface area contributed by atoms with Gasteiger partial charge in [-0.05, 0) is 50.5 Å². The van der Waals surface area contributed by atoms with Crippen molar-refractivity contribution < 1.29 is 4.79 Å². The van der Waals surface area contributed by atoms with Crippen LogP contribution in [0, 0.1) is 5.92 Å². The Hall–Kier alpha value is -2.15. The second-order valence-corrected chi connectivity index (χ2v) is 10.1. The van der Waals surface area contributed by atoms with Gasteiger partial charge in [0.2, 0.25) is 0 Å². The van der Waals surface area contributed by atoms with Crippen molar-refractivity contribution in [2.45, 2.75) is 70.3 Å². The Morgan fingerprint density at radius 2 is 1.72 bits per heavy atom. The van der Waals surface area contributed by atoms with E-state index >= 15 is 0 Å². The number of piperidine rings is 1. The van der Waals surface area contributed by atoms with E-state index in [9.17, 15) is 4.79 Å². The third kappa shape index (κ3) is 4.77. The number of aryl methyl sites for hydroxylation is 1. The van der Waals surface area contributed by atoms with E-state index < -0.39 is 0 Å². The van der Waals surface area contributed by atoms with Crippen LogP contribution in [0.15, 0.2) is 12.3 Å². The largest absolute Gasteiger partial charge is 0.356 e. The number of nitrogens with zero attached hydrogens (tertiary/aromatic N) is 5. The molecule has 0 radical (unpaired) electrons. The van der Waals surface area contributed by atoms with Crippen LogP contribution in [-0.2, 0) is 7.05 Å². The number of likely N-dealkylation sites (tertiary alicyclic amines) is 1. The van der Waals surface area contributed by atoms with Gasteiger partial charge in [0.1, 0.15) is 5.82 Å². The number of aromatic nitrogens is 3. The average molecular weight is 439 g/mol. The highest BCUT2D eigenvalue weighted by Crippen LogP contribution is 2.28. The SMILES string of the molecule is Cn1ncc2cc(C(=O)NC3CCN(CC4CCCC4)CC3)c(N3CCCCCC3)nc21. The van der Waals surface area contributed by atoms with Crippen LogP contribution in [-0.4, -0.2) is 64.3 Å². The molecule has 1 amide bonds. The van der Waals surface area contributed by atoms with Crippen molar-refractivity contribution in [3.63, 3.8) is 0 Å². The molecule has 7 heteroatoms. The lowest BCUT2D eigenvalue weighted by atomic mass is 10.0. The minimum absolute atomic E-state index is 0.0248. The maximum atomic E-state index is 13.5. The minimum Gasteiger partial charge on any atom is -0.356 e. The Morgan fingerprint density at radius 1 is 1.00 bits per heavy atom. The highest BCUT2D eigenvalue weighted by molar-refractivity contribution is 6.02. The second kappa shape index (κ2) is 9.77. The molecule has 1 N–H and O–H groups in total. The summed E-state index contributed by atoms with van der Waals surface area (Å²) < 4.78 is 1.80. The van der Waals surface area contributed by atoms with Crippen molar-refractivity contribution >= 4 is 22.8 Å². The van der Waals surface area contributed by atoms with Gasteiger partial charge >= 0.3 is 0 Å². The summed E-state index contributed by atoms with van der Waals surface area (Å²) in [6.07, 6.45) is 14.3. The van der Waals surface area contributed by atoms with E-state index in [4.69, 9.17) is 4.98 Å². The topological polar surface area (TPSA) is 66.3 Å². The third-order valence-electron chi connectivity index (χ3n) is 7.75. The van der Waals surface area contributed by atoms with Crippen LogP contribution >= 0.6 is 0 Å². The number of carbonyl (C=O) groups excluding carboxylic acids is 1. The number of carbonyl (C=O) groups is 1. The van der Waals surface area contributed by atoms with Crippen molar-refractivity contribution in [3.8, 4) is 0 Å². The molecule has 7 nitrogen and oxygen atoms in total. The molecule has 2 aromatic rings. The van der Waals surface area contributed by atoms with Gasteiger partial charge in [0.15, 0.2) is 5.65 Å². The molecule has 0 unspecified atom stereocenters. The molecule has 0 atom stereocenters. The number of hydrogen-bond acceptors (Lipinski definition) is 5. The van der Waals surface area contributed by atoms with E-state index in [0.717, 1.165) is 74.6 Å². The molecular formula is C25H38N6O. The Labute approximate surface area is 191 Å². The standard InChI is InChI=1S/C25H38N6O/c1-29-23-20(17-26-29)16-22(24(28-23)31-12-6-2-3-7-13-31)25(32)27-21-10-14-30(15-11-21)18-19-8-4-5-9-19/h16-17,19,21H,2-15,18H2,1H3,(H,27,32). The first kappa shape index (κ1) is 21.7. The van der Waals surface area contributed by atoms with E-state index in [2.05, 4.69) is 20.2 Å². The Kier molecular flexibility index (Phi) is 6.62. The molecule has 3 fully saturated rings. The Balaban J connectivity index is 1.29. The number of nitrogens with one attached hydrogen (secondary N) is 1. The summed E-state index contributed by atoms with van der Waals surface area (Å²) in [7, 11) is 1.92. The molecule has 4 heterocycles. The first-order chi connectivity index (χ1) is 15.7. The zero-order valence-electron chi connectivity index (χ0n) is 19.6. The van der Waals surface area contributed by atoms with Crippen molar-refractivity contribution in [3.05, 3.63) is 17.8 Å². The molecule has 32 heavy (non-hydrogen) atoms. The van der Waals surface area contributed by atoms with E-state index in [1.54, 1.807) is 4.68 Å². The van der Waals surface area contributed by atoms with Gasteiger partial charge in [-0.25, -0.2) is 4.98 Å². The monoisotopic (exact) mass is 438 g/mol. The van der Waals surface area contributed by atoms with Gasteiger partial charge in [-0.2, -0.15) is 5.10 Å². The van der Waals surface area contributed by atoms with Crippen LogP contribution < -0.4 is 10.2 Å². The minimum atomic E-state index is 0.0248. The summed E-state index contributed by atoms with van der Waals surface area (Å²) in [4.78, 5) is 23.3. The van der Waals surface area contributed by atoms with E-state index in [-0.39, 0.29) is 11.9 Å². The molecule has 3 aliphatic rings. The zero-order chi connectivity index (χ0) is 21.9. The van der Waals surface area contributed by atoms with Crippen LogP contribution in [0.3, 0.4) is 0 Å². The normalized spacial score (nSPS) is 21.8. The van der Waals surface area contributed by atoms with Gasteiger partial charge in [-0.15, -0.1) is 0 Å². The van der Waals surface area contributed by atoms with Crippen LogP contribution in [0.25, 0.3) is 11.0 Å². The molecule has 2 aromatic heterocycles. The van der Waals surface area contributed by atoms with Crippen molar-refractivity contribution in [1.29, 1.82) is 0 Å². The molecule has 2 aliphatic heterocycles. The fourth-order valence-corrected chi connectivity index (χ4v) is 5.84. The molecule has 5 rings (SSSR count). The van der Waals surface area contributed by atoms with Gasteiger partial charge in [-0.1, -0.05) is 25.7 Å². The van der Waals surface area contributed by atoms with Gasteiger partial charge in [-0.3, -0.25) is 9.48 Å².